The Hall–Kier alpha value is -2.78. The summed E-state index contributed by atoms with van der Waals surface area (Å²) in [5, 5.41) is 18.5. The van der Waals surface area contributed by atoms with E-state index in [-0.39, 0.29) is 28.3 Å². The van der Waals surface area contributed by atoms with Gasteiger partial charge in [-0.1, -0.05) is 18.2 Å². The van der Waals surface area contributed by atoms with Gasteiger partial charge in [0, 0.05) is 23.7 Å². The topological polar surface area (TPSA) is 132 Å². The second-order valence-corrected chi connectivity index (χ2v) is 6.64. The molecule has 0 heterocycles. The monoisotopic (exact) mass is 349 g/mol. The van der Waals surface area contributed by atoms with Crippen LogP contribution in [0.4, 0.5) is 5.69 Å². The third-order valence-corrected chi connectivity index (χ3v) is 4.38. The molecule has 1 amide bonds. The lowest BCUT2D eigenvalue weighted by molar-refractivity contribution is -0.385. The number of carbonyl (C=O) groups excluding carboxylic acids is 1. The summed E-state index contributed by atoms with van der Waals surface area (Å²) in [4.78, 5) is 22.5. The van der Waals surface area contributed by atoms with Crippen molar-refractivity contribution in [2.24, 2.45) is 5.14 Å². The van der Waals surface area contributed by atoms with Crippen molar-refractivity contribution in [3.05, 3.63) is 69.3 Å². The highest BCUT2D eigenvalue weighted by Gasteiger charge is 2.17. The number of nitro benzene ring substituents is 1. The van der Waals surface area contributed by atoms with Gasteiger partial charge in [-0.05, 0) is 30.7 Å². The molecule has 0 saturated heterocycles. The van der Waals surface area contributed by atoms with Crippen molar-refractivity contribution in [1.82, 2.24) is 5.32 Å². The van der Waals surface area contributed by atoms with E-state index in [0.717, 1.165) is 0 Å². The van der Waals surface area contributed by atoms with E-state index in [1.165, 1.54) is 49.4 Å². The number of nitrogens with zero attached hydrogens (tertiary/aromatic N) is 1. The van der Waals surface area contributed by atoms with E-state index in [0.29, 0.717) is 5.56 Å². The maximum absolute atomic E-state index is 12.2. The fourth-order valence-electron chi connectivity index (χ4n) is 2.14. The van der Waals surface area contributed by atoms with Crippen LogP contribution in [0.3, 0.4) is 0 Å². The molecule has 0 radical (unpaired) electrons. The second-order valence-electron chi connectivity index (χ2n) is 5.08. The lowest BCUT2D eigenvalue weighted by atomic mass is 10.1. The van der Waals surface area contributed by atoms with Gasteiger partial charge in [0.15, 0.2) is 0 Å². The summed E-state index contributed by atoms with van der Waals surface area (Å²) < 4.78 is 22.3. The molecule has 0 spiro atoms. The molecular formula is C15H15N3O5S. The van der Waals surface area contributed by atoms with Crippen molar-refractivity contribution >= 4 is 21.6 Å². The predicted octanol–water partition coefficient (Wildman–Crippen LogP) is 1.48. The average molecular weight is 349 g/mol. The quantitative estimate of drug-likeness (QED) is 0.623. The molecule has 0 aliphatic rings. The fourth-order valence-corrected chi connectivity index (χ4v) is 2.66. The van der Waals surface area contributed by atoms with Crippen LogP contribution in [0.25, 0.3) is 0 Å². The Kier molecular flexibility index (Phi) is 4.96. The second kappa shape index (κ2) is 6.77. The van der Waals surface area contributed by atoms with Crippen molar-refractivity contribution in [3.8, 4) is 0 Å². The van der Waals surface area contributed by atoms with Crippen LogP contribution in [0.2, 0.25) is 0 Å². The van der Waals surface area contributed by atoms with Crippen LogP contribution >= 0.6 is 0 Å². The maximum atomic E-state index is 12.2. The van der Waals surface area contributed by atoms with Gasteiger partial charge < -0.3 is 5.32 Å². The number of sulfonamides is 1. The summed E-state index contributed by atoms with van der Waals surface area (Å²) in [5.41, 5.74) is 1.04. The lowest BCUT2D eigenvalue weighted by Crippen LogP contribution is -2.24. The van der Waals surface area contributed by atoms with E-state index in [1.54, 1.807) is 0 Å². The average Bonchev–Trinajstić information content (AvgIpc) is 2.52. The Labute approximate surface area is 138 Å². The van der Waals surface area contributed by atoms with Crippen LogP contribution in [0.15, 0.2) is 47.4 Å². The van der Waals surface area contributed by atoms with E-state index in [4.69, 9.17) is 5.14 Å². The molecule has 126 valence electrons. The molecular weight excluding hydrogens is 334 g/mol. The molecule has 0 saturated carbocycles. The minimum atomic E-state index is -3.76. The highest BCUT2D eigenvalue weighted by Crippen LogP contribution is 2.21. The summed E-state index contributed by atoms with van der Waals surface area (Å²) in [6.45, 7) is 1.65. The first-order valence-electron chi connectivity index (χ1n) is 6.84. The standard InChI is InChI=1S/C15H15N3O5S/c1-10-13(3-2-4-14(10)18(20)21)15(19)17-9-11-5-7-12(8-6-11)24(16,22)23/h2-8H,9H2,1H3,(H,17,19)(H2,16,22,23). The van der Waals surface area contributed by atoms with Crippen LogP contribution in [-0.4, -0.2) is 19.2 Å². The molecule has 0 fully saturated rings. The van der Waals surface area contributed by atoms with Crippen LogP contribution in [0, 0.1) is 17.0 Å². The normalized spacial score (nSPS) is 11.1. The van der Waals surface area contributed by atoms with E-state index in [1.807, 2.05) is 0 Å². The number of amides is 1. The van der Waals surface area contributed by atoms with E-state index < -0.39 is 20.9 Å². The molecule has 0 unspecified atom stereocenters. The molecule has 0 aliphatic carbocycles. The Morgan fingerprint density at radius 3 is 2.38 bits per heavy atom. The van der Waals surface area contributed by atoms with Gasteiger partial charge in [-0.2, -0.15) is 0 Å². The number of hydrogen-bond donors (Lipinski definition) is 2. The Bertz CT molecular complexity index is 892. The molecule has 2 rings (SSSR count). The molecule has 0 bridgehead atoms. The molecule has 0 atom stereocenters. The van der Waals surface area contributed by atoms with E-state index in [9.17, 15) is 23.3 Å². The van der Waals surface area contributed by atoms with Crippen LogP contribution in [0.1, 0.15) is 21.5 Å². The van der Waals surface area contributed by atoms with Crippen molar-refractivity contribution in [3.63, 3.8) is 0 Å². The van der Waals surface area contributed by atoms with E-state index >= 15 is 0 Å². The zero-order valence-corrected chi connectivity index (χ0v) is 13.5. The Morgan fingerprint density at radius 1 is 1.21 bits per heavy atom. The largest absolute Gasteiger partial charge is 0.348 e. The SMILES string of the molecule is Cc1c(C(=O)NCc2ccc(S(N)(=O)=O)cc2)cccc1[N+](=O)[O-]. The van der Waals surface area contributed by atoms with Crippen molar-refractivity contribution < 1.29 is 18.1 Å². The third kappa shape index (κ3) is 3.94. The molecule has 3 N–H and O–H groups in total. The number of nitro groups is 1. The molecule has 24 heavy (non-hydrogen) atoms. The van der Waals surface area contributed by atoms with Crippen LogP contribution in [0.5, 0.6) is 0 Å². The molecule has 2 aromatic carbocycles. The summed E-state index contributed by atoms with van der Waals surface area (Å²) in [6.07, 6.45) is 0. The van der Waals surface area contributed by atoms with Gasteiger partial charge in [0.1, 0.15) is 0 Å². The fraction of sp³-hybridized carbons (Fsp3) is 0.133. The summed E-state index contributed by atoms with van der Waals surface area (Å²) in [7, 11) is -3.76. The smallest absolute Gasteiger partial charge is 0.273 e. The number of hydrogen-bond acceptors (Lipinski definition) is 5. The van der Waals surface area contributed by atoms with Gasteiger partial charge >= 0.3 is 0 Å². The number of benzene rings is 2. The van der Waals surface area contributed by atoms with Gasteiger partial charge in [-0.3, -0.25) is 14.9 Å². The molecule has 0 aromatic heterocycles. The molecule has 9 heteroatoms. The van der Waals surface area contributed by atoms with Gasteiger partial charge in [0.2, 0.25) is 10.0 Å². The lowest BCUT2D eigenvalue weighted by Gasteiger charge is -2.08. The van der Waals surface area contributed by atoms with E-state index in [2.05, 4.69) is 5.32 Å². The van der Waals surface area contributed by atoms with Crippen LogP contribution in [-0.2, 0) is 16.6 Å². The molecule has 0 aliphatic heterocycles. The van der Waals surface area contributed by atoms with Crippen molar-refractivity contribution in [2.75, 3.05) is 0 Å². The first-order chi connectivity index (χ1) is 11.2. The Balaban J connectivity index is 2.11. The highest BCUT2D eigenvalue weighted by molar-refractivity contribution is 7.89. The molecule has 8 nitrogen and oxygen atoms in total. The maximum Gasteiger partial charge on any atom is 0.273 e. The predicted molar refractivity (Wildman–Crippen MR) is 86.8 cm³/mol. The number of carbonyl (C=O) groups is 1. The third-order valence-electron chi connectivity index (χ3n) is 3.45. The van der Waals surface area contributed by atoms with Crippen molar-refractivity contribution in [1.29, 1.82) is 0 Å². The van der Waals surface area contributed by atoms with Gasteiger partial charge in [0.05, 0.1) is 9.82 Å². The minimum absolute atomic E-state index is 0.0212. The summed E-state index contributed by atoms with van der Waals surface area (Å²) in [6, 6.07) is 10.0. The molecule has 2 aromatic rings. The number of nitrogens with one attached hydrogen (secondary N) is 1. The summed E-state index contributed by atoms with van der Waals surface area (Å²) >= 11 is 0. The first-order valence-corrected chi connectivity index (χ1v) is 8.38. The highest BCUT2D eigenvalue weighted by atomic mass is 32.2. The van der Waals surface area contributed by atoms with Gasteiger partial charge in [-0.15, -0.1) is 0 Å². The minimum Gasteiger partial charge on any atom is -0.348 e. The van der Waals surface area contributed by atoms with Crippen molar-refractivity contribution in [2.45, 2.75) is 18.4 Å². The number of nitrogens with two attached hydrogens (primary N) is 1. The first kappa shape index (κ1) is 17.6. The number of primary sulfonamides is 1. The van der Waals surface area contributed by atoms with Crippen LogP contribution < -0.4 is 10.5 Å². The summed E-state index contributed by atoms with van der Waals surface area (Å²) in [5.74, 6) is -0.452. The van der Waals surface area contributed by atoms with Gasteiger partial charge in [-0.25, -0.2) is 13.6 Å². The zero-order valence-electron chi connectivity index (χ0n) is 12.7. The number of rotatable bonds is 5. The van der Waals surface area contributed by atoms with Gasteiger partial charge in [0.25, 0.3) is 11.6 Å². The zero-order chi connectivity index (χ0) is 17.9. The Morgan fingerprint density at radius 2 is 1.83 bits per heavy atom.